The Balaban J connectivity index is 2.48. The normalized spacial score (nSPS) is 10.3. The number of nitro groups is 1. The minimum atomic E-state index is -0.464. The molecule has 1 aromatic heterocycles. The Morgan fingerprint density at radius 2 is 1.94 bits per heavy atom. The fourth-order valence-electron chi connectivity index (χ4n) is 1.70. The largest absolute Gasteiger partial charge is 0.294 e. The van der Waals surface area contributed by atoms with Gasteiger partial charge in [0.15, 0.2) is 5.78 Å². The van der Waals surface area contributed by atoms with Gasteiger partial charge in [-0.15, -0.1) is 0 Å². The number of carbonyl (C=O) groups excluding carboxylic acids is 1. The molecule has 0 spiro atoms. The van der Waals surface area contributed by atoms with E-state index in [0.29, 0.717) is 16.8 Å². The summed E-state index contributed by atoms with van der Waals surface area (Å²) in [4.78, 5) is 21.6. The molecular weight excluding hydrogens is 234 g/mol. The molecule has 92 valence electrons. The van der Waals surface area contributed by atoms with Crippen molar-refractivity contribution in [3.63, 3.8) is 0 Å². The lowest BCUT2D eigenvalue weighted by atomic mass is 10.1. The molecule has 0 radical (unpaired) electrons. The maximum atomic E-state index is 11.5. The van der Waals surface area contributed by atoms with Crippen molar-refractivity contribution in [1.82, 2.24) is 9.78 Å². The van der Waals surface area contributed by atoms with Crippen molar-refractivity contribution in [2.24, 2.45) is 7.05 Å². The second-order valence-electron chi connectivity index (χ2n) is 3.93. The van der Waals surface area contributed by atoms with Crippen LogP contribution in [0.5, 0.6) is 0 Å². The average molecular weight is 245 g/mol. The van der Waals surface area contributed by atoms with Crippen molar-refractivity contribution in [2.75, 3.05) is 0 Å². The third kappa shape index (κ3) is 2.13. The van der Waals surface area contributed by atoms with Crippen LogP contribution in [0.1, 0.15) is 17.3 Å². The van der Waals surface area contributed by atoms with Crippen LogP contribution in [0.15, 0.2) is 30.5 Å². The lowest BCUT2D eigenvalue weighted by Gasteiger charge is -1.99. The molecule has 2 aromatic rings. The van der Waals surface area contributed by atoms with Crippen molar-refractivity contribution in [2.45, 2.75) is 6.92 Å². The highest BCUT2D eigenvalue weighted by atomic mass is 16.6. The molecule has 0 bridgehead atoms. The molecule has 0 aliphatic heterocycles. The number of non-ortho nitro benzene ring substituents is 1. The Bertz CT molecular complexity index is 614. The Morgan fingerprint density at radius 3 is 2.44 bits per heavy atom. The molecule has 1 heterocycles. The number of carbonyl (C=O) groups is 1. The number of nitrogens with zero attached hydrogens (tertiary/aromatic N) is 3. The standard InChI is InChI=1S/C12H11N3O3/c1-8(16)11-7-14(2)13-12(11)9-3-5-10(6-4-9)15(17)18/h3-7H,1-2H3. The summed E-state index contributed by atoms with van der Waals surface area (Å²) in [6.45, 7) is 1.46. The van der Waals surface area contributed by atoms with Crippen LogP contribution in [0.2, 0.25) is 0 Å². The van der Waals surface area contributed by atoms with Gasteiger partial charge in [-0.1, -0.05) is 0 Å². The smallest absolute Gasteiger partial charge is 0.269 e. The van der Waals surface area contributed by atoms with Gasteiger partial charge in [-0.05, 0) is 19.1 Å². The van der Waals surface area contributed by atoms with E-state index >= 15 is 0 Å². The fourth-order valence-corrected chi connectivity index (χ4v) is 1.70. The van der Waals surface area contributed by atoms with Gasteiger partial charge >= 0.3 is 0 Å². The predicted molar refractivity (Wildman–Crippen MR) is 65.3 cm³/mol. The summed E-state index contributed by atoms with van der Waals surface area (Å²) in [5.41, 5.74) is 1.75. The third-order valence-corrected chi connectivity index (χ3v) is 2.56. The first-order valence-electron chi connectivity index (χ1n) is 5.28. The maximum absolute atomic E-state index is 11.5. The van der Waals surface area contributed by atoms with Crippen LogP contribution >= 0.6 is 0 Å². The van der Waals surface area contributed by atoms with Crippen molar-refractivity contribution < 1.29 is 9.72 Å². The van der Waals surface area contributed by atoms with E-state index in [1.165, 1.54) is 19.1 Å². The minimum absolute atomic E-state index is 0.0130. The Labute approximate surface area is 103 Å². The summed E-state index contributed by atoms with van der Waals surface area (Å²) in [5, 5.41) is 14.8. The Morgan fingerprint density at radius 1 is 1.33 bits per heavy atom. The van der Waals surface area contributed by atoms with Gasteiger partial charge in [0.25, 0.3) is 5.69 Å². The number of nitro benzene ring substituents is 1. The van der Waals surface area contributed by atoms with Crippen molar-refractivity contribution in [3.8, 4) is 11.3 Å². The number of benzene rings is 1. The summed E-state index contributed by atoms with van der Waals surface area (Å²) in [7, 11) is 1.72. The highest BCUT2D eigenvalue weighted by Gasteiger charge is 2.14. The van der Waals surface area contributed by atoms with E-state index in [0.717, 1.165) is 0 Å². The molecule has 2 rings (SSSR count). The van der Waals surface area contributed by atoms with Crippen LogP contribution in [0.3, 0.4) is 0 Å². The molecule has 0 aliphatic carbocycles. The van der Waals surface area contributed by atoms with Gasteiger partial charge in [-0.2, -0.15) is 5.10 Å². The summed E-state index contributed by atoms with van der Waals surface area (Å²) in [6.07, 6.45) is 1.64. The van der Waals surface area contributed by atoms with E-state index in [2.05, 4.69) is 5.10 Å². The van der Waals surface area contributed by atoms with Crippen LogP contribution in [0.25, 0.3) is 11.3 Å². The van der Waals surface area contributed by atoms with E-state index in [4.69, 9.17) is 0 Å². The molecule has 6 nitrogen and oxygen atoms in total. The SMILES string of the molecule is CC(=O)c1cn(C)nc1-c1ccc([N+](=O)[O-])cc1. The molecule has 0 saturated heterocycles. The van der Waals surface area contributed by atoms with Crippen molar-refractivity contribution in [1.29, 1.82) is 0 Å². The maximum Gasteiger partial charge on any atom is 0.269 e. The zero-order valence-electron chi connectivity index (χ0n) is 9.95. The number of rotatable bonds is 3. The predicted octanol–water partition coefficient (Wildman–Crippen LogP) is 2.20. The third-order valence-electron chi connectivity index (χ3n) is 2.56. The molecular formula is C12H11N3O3. The summed E-state index contributed by atoms with van der Waals surface area (Å²) < 4.78 is 1.55. The van der Waals surface area contributed by atoms with E-state index in [-0.39, 0.29) is 11.5 Å². The number of ketones is 1. The Hall–Kier alpha value is -2.50. The lowest BCUT2D eigenvalue weighted by molar-refractivity contribution is -0.384. The molecule has 6 heteroatoms. The second kappa shape index (κ2) is 4.40. The quantitative estimate of drug-likeness (QED) is 0.471. The van der Waals surface area contributed by atoms with Crippen molar-refractivity contribution >= 4 is 11.5 Å². The molecule has 0 amide bonds. The van der Waals surface area contributed by atoms with Gasteiger partial charge in [0, 0.05) is 30.9 Å². The molecule has 18 heavy (non-hydrogen) atoms. The highest BCUT2D eigenvalue weighted by Crippen LogP contribution is 2.24. The van der Waals surface area contributed by atoms with E-state index in [1.807, 2.05) is 0 Å². The molecule has 0 saturated carbocycles. The summed E-state index contributed by atoms with van der Waals surface area (Å²) in [5.74, 6) is -0.0866. The van der Waals surface area contributed by atoms with Crippen LogP contribution in [0.4, 0.5) is 5.69 Å². The van der Waals surface area contributed by atoms with E-state index < -0.39 is 4.92 Å². The topological polar surface area (TPSA) is 78.0 Å². The van der Waals surface area contributed by atoms with Gasteiger partial charge < -0.3 is 0 Å². The van der Waals surface area contributed by atoms with Crippen LogP contribution in [-0.2, 0) is 7.05 Å². The van der Waals surface area contributed by atoms with Crippen LogP contribution in [-0.4, -0.2) is 20.5 Å². The number of aromatic nitrogens is 2. The molecule has 0 unspecified atom stereocenters. The lowest BCUT2D eigenvalue weighted by Crippen LogP contribution is -1.93. The van der Waals surface area contributed by atoms with Crippen molar-refractivity contribution in [3.05, 3.63) is 46.1 Å². The Kier molecular flexibility index (Phi) is 2.93. The molecule has 0 aliphatic rings. The fraction of sp³-hybridized carbons (Fsp3) is 0.167. The van der Waals surface area contributed by atoms with E-state index in [1.54, 1.807) is 30.1 Å². The molecule has 1 aromatic carbocycles. The van der Waals surface area contributed by atoms with Crippen LogP contribution in [0, 0.1) is 10.1 Å². The van der Waals surface area contributed by atoms with Gasteiger partial charge in [0.1, 0.15) is 5.69 Å². The number of hydrogen-bond acceptors (Lipinski definition) is 4. The highest BCUT2D eigenvalue weighted by molar-refractivity contribution is 5.99. The molecule has 0 atom stereocenters. The first kappa shape index (κ1) is 12.0. The van der Waals surface area contributed by atoms with Gasteiger partial charge in [0.05, 0.1) is 10.5 Å². The monoisotopic (exact) mass is 245 g/mol. The number of Topliss-reactive ketones (excluding diaryl/α,β-unsaturated/α-hetero) is 1. The minimum Gasteiger partial charge on any atom is -0.294 e. The van der Waals surface area contributed by atoms with Gasteiger partial charge in [-0.3, -0.25) is 19.6 Å². The zero-order valence-corrected chi connectivity index (χ0v) is 9.95. The summed E-state index contributed by atoms with van der Waals surface area (Å²) >= 11 is 0. The number of hydrogen-bond donors (Lipinski definition) is 0. The summed E-state index contributed by atoms with van der Waals surface area (Å²) in [6, 6.07) is 5.97. The van der Waals surface area contributed by atoms with Gasteiger partial charge in [-0.25, -0.2) is 0 Å². The van der Waals surface area contributed by atoms with Crippen LogP contribution < -0.4 is 0 Å². The zero-order chi connectivity index (χ0) is 13.3. The first-order valence-corrected chi connectivity index (χ1v) is 5.28. The number of aryl methyl sites for hydroxylation is 1. The second-order valence-corrected chi connectivity index (χ2v) is 3.93. The average Bonchev–Trinajstić information content (AvgIpc) is 2.71. The molecule has 0 N–H and O–H groups in total. The van der Waals surface area contributed by atoms with E-state index in [9.17, 15) is 14.9 Å². The molecule has 0 fully saturated rings. The van der Waals surface area contributed by atoms with Gasteiger partial charge in [0.2, 0.25) is 0 Å². The first-order chi connectivity index (χ1) is 8.49.